The van der Waals surface area contributed by atoms with Crippen molar-refractivity contribution in [2.75, 3.05) is 33.2 Å². The van der Waals surface area contributed by atoms with E-state index in [9.17, 15) is 0 Å². The van der Waals surface area contributed by atoms with E-state index in [0.717, 1.165) is 32.6 Å². The van der Waals surface area contributed by atoms with Gasteiger partial charge in [-0.1, -0.05) is 45.9 Å². The molecule has 23 heavy (non-hydrogen) atoms. The van der Waals surface area contributed by atoms with Crippen LogP contribution in [0.1, 0.15) is 17.2 Å². The molecule has 2 aromatic rings. The zero-order chi connectivity index (χ0) is 15.8. The summed E-state index contributed by atoms with van der Waals surface area (Å²) in [5.41, 5.74) is 2.96. The molecule has 0 spiro atoms. The van der Waals surface area contributed by atoms with Crippen LogP contribution in [-0.2, 0) is 6.42 Å². The summed E-state index contributed by atoms with van der Waals surface area (Å²) in [5, 5.41) is 0. The molecule has 1 saturated heterocycles. The zero-order valence-electron chi connectivity index (χ0n) is 13.3. The van der Waals surface area contributed by atoms with Gasteiger partial charge in [0, 0.05) is 46.5 Å². The predicted octanol–water partition coefficient (Wildman–Crippen LogP) is 4.44. The number of hydrogen-bond donors (Lipinski definition) is 0. The third-order valence-electron chi connectivity index (χ3n) is 4.91. The van der Waals surface area contributed by atoms with Gasteiger partial charge < -0.3 is 4.90 Å². The molecule has 0 radical (unpaired) electrons. The Hall–Kier alpha value is -0.810. The number of rotatable bonds is 1. The maximum Gasteiger partial charge on any atom is 0.0401 e. The standard InChI is InChI=1S/C19H21BrN2S/c1-21-8-10-22(11-9-21)17-13-14-12-15(20)6-7-18(14)23-19-5-3-2-4-16(17)19/h2-7,12,17H,8-11,13H2,1H3. The summed E-state index contributed by atoms with van der Waals surface area (Å²) in [5.74, 6) is 0. The minimum absolute atomic E-state index is 0.489. The summed E-state index contributed by atoms with van der Waals surface area (Å²) in [6.07, 6.45) is 1.10. The highest BCUT2D eigenvalue weighted by Gasteiger charge is 2.29. The summed E-state index contributed by atoms with van der Waals surface area (Å²) in [6, 6.07) is 16.2. The molecule has 1 fully saturated rings. The van der Waals surface area contributed by atoms with E-state index in [2.05, 4.69) is 75.2 Å². The molecule has 4 heteroatoms. The van der Waals surface area contributed by atoms with Crippen molar-refractivity contribution in [3.05, 3.63) is 58.1 Å². The fraction of sp³-hybridized carbons (Fsp3) is 0.368. The van der Waals surface area contributed by atoms with Crippen molar-refractivity contribution < 1.29 is 0 Å². The highest BCUT2D eigenvalue weighted by atomic mass is 79.9. The van der Waals surface area contributed by atoms with Gasteiger partial charge in [-0.3, -0.25) is 4.90 Å². The molecule has 2 aromatic carbocycles. The highest BCUT2D eigenvalue weighted by molar-refractivity contribution is 9.10. The van der Waals surface area contributed by atoms with E-state index in [1.54, 1.807) is 0 Å². The smallest absolute Gasteiger partial charge is 0.0401 e. The molecule has 0 aliphatic carbocycles. The Balaban J connectivity index is 1.74. The average molecular weight is 389 g/mol. The second kappa shape index (κ2) is 6.60. The first-order valence-electron chi connectivity index (χ1n) is 8.18. The van der Waals surface area contributed by atoms with Crippen molar-refractivity contribution in [2.45, 2.75) is 22.3 Å². The molecule has 1 atom stereocenters. The Kier molecular flexibility index (Phi) is 4.50. The summed E-state index contributed by atoms with van der Waals surface area (Å²) >= 11 is 5.57. The lowest BCUT2D eigenvalue weighted by Gasteiger charge is -2.38. The van der Waals surface area contributed by atoms with E-state index in [0.29, 0.717) is 6.04 Å². The van der Waals surface area contributed by atoms with Crippen LogP contribution in [0.3, 0.4) is 0 Å². The Morgan fingerprint density at radius 2 is 1.78 bits per heavy atom. The fourth-order valence-electron chi connectivity index (χ4n) is 3.55. The lowest BCUT2D eigenvalue weighted by atomic mass is 9.97. The van der Waals surface area contributed by atoms with Gasteiger partial charge >= 0.3 is 0 Å². The number of halogens is 1. The minimum atomic E-state index is 0.489. The van der Waals surface area contributed by atoms with E-state index in [4.69, 9.17) is 0 Å². The molecule has 2 nitrogen and oxygen atoms in total. The number of fused-ring (bicyclic) bond motifs is 2. The van der Waals surface area contributed by atoms with Gasteiger partial charge in [0.25, 0.3) is 0 Å². The van der Waals surface area contributed by atoms with Crippen LogP contribution >= 0.6 is 27.7 Å². The highest BCUT2D eigenvalue weighted by Crippen LogP contribution is 2.43. The topological polar surface area (TPSA) is 6.48 Å². The summed E-state index contributed by atoms with van der Waals surface area (Å²) in [6.45, 7) is 4.64. The lowest BCUT2D eigenvalue weighted by molar-refractivity contribution is 0.110. The van der Waals surface area contributed by atoms with Crippen molar-refractivity contribution in [1.82, 2.24) is 9.80 Å². The maximum absolute atomic E-state index is 3.65. The van der Waals surface area contributed by atoms with Crippen LogP contribution < -0.4 is 0 Å². The molecule has 1 unspecified atom stereocenters. The Bertz CT molecular complexity index is 710. The second-order valence-electron chi connectivity index (χ2n) is 6.45. The second-order valence-corrected chi connectivity index (χ2v) is 8.45. The SMILES string of the molecule is CN1CCN(C2Cc3cc(Br)ccc3Sc3ccccc32)CC1. The van der Waals surface area contributed by atoms with Crippen molar-refractivity contribution in [3.8, 4) is 0 Å². The van der Waals surface area contributed by atoms with Crippen LogP contribution in [0.4, 0.5) is 0 Å². The van der Waals surface area contributed by atoms with Gasteiger partial charge in [0.15, 0.2) is 0 Å². The lowest BCUT2D eigenvalue weighted by Crippen LogP contribution is -2.46. The van der Waals surface area contributed by atoms with Gasteiger partial charge in [-0.05, 0) is 48.9 Å². The Morgan fingerprint density at radius 1 is 1.00 bits per heavy atom. The fourth-order valence-corrected chi connectivity index (χ4v) is 5.08. The number of likely N-dealkylation sites (N-methyl/N-ethyl adjacent to an activating group) is 1. The van der Waals surface area contributed by atoms with E-state index < -0.39 is 0 Å². The summed E-state index contributed by atoms with van der Waals surface area (Å²) < 4.78 is 1.18. The third kappa shape index (κ3) is 3.22. The number of hydrogen-bond acceptors (Lipinski definition) is 3. The van der Waals surface area contributed by atoms with Crippen LogP contribution in [0, 0.1) is 0 Å². The van der Waals surface area contributed by atoms with E-state index >= 15 is 0 Å². The largest absolute Gasteiger partial charge is 0.304 e. The van der Waals surface area contributed by atoms with Gasteiger partial charge in [-0.15, -0.1) is 0 Å². The van der Waals surface area contributed by atoms with Crippen LogP contribution in [0.5, 0.6) is 0 Å². The first kappa shape index (κ1) is 15.7. The van der Waals surface area contributed by atoms with Crippen molar-refractivity contribution in [3.63, 3.8) is 0 Å². The quantitative estimate of drug-likeness (QED) is 0.712. The van der Waals surface area contributed by atoms with E-state index in [1.807, 2.05) is 11.8 Å². The van der Waals surface area contributed by atoms with Crippen LogP contribution in [0.2, 0.25) is 0 Å². The van der Waals surface area contributed by atoms with Crippen molar-refractivity contribution in [1.29, 1.82) is 0 Å². The maximum atomic E-state index is 3.65. The molecule has 0 saturated carbocycles. The Labute approximate surface area is 151 Å². The molecule has 0 N–H and O–H groups in total. The molecule has 4 rings (SSSR count). The number of benzene rings is 2. The zero-order valence-corrected chi connectivity index (χ0v) is 15.7. The summed E-state index contributed by atoms with van der Waals surface area (Å²) in [7, 11) is 2.22. The molecule has 0 aromatic heterocycles. The average Bonchev–Trinajstić information content (AvgIpc) is 2.72. The first-order chi connectivity index (χ1) is 11.2. The van der Waals surface area contributed by atoms with Gasteiger partial charge in [-0.2, -0.15) is 0 Å². The van der Waals surface area contributed by atoms with Gasteiger partial charge in [-0.25, -0.2) is 0 Å². The molecular weight excluding hydrogens is 368 g/mol. The summed E-state index contributed by atoms with van der Waals surface area (Å²) in [4.78, 5) is 7.92. The molecule has 0 bridgehead atoms. The van der Waals surface area contributed by atoms with Crippen molar-refractivity contribution >= 4 is 27.7 Å². The molecular formula is C19H21BrN2S. The van der Waals surface area contributed by atoms with Crippen molar-refractivity contribution in [2.24, 2.45) is 0 Å². The Morgan fingerprint density at radius 3 is 2.61 bits per heavy atom. The van der Waals surface area contributed by atoms with Crippen LogP contribution in [0.25, 0.3) is 0 Å². The molecule has 0 amide bonds. The van der Waals surface area contributed by atoms with Gasteiger partial charge in [0.2, 0.25) is 0 Å². The molecule has 2 aliphatic heterocycles. The van der Waals surface area contributed by atoms with Crippen LogP contribution in [-0.4, -0.2) is 43.0 Å². The normalized spacial score (nSPS) is 22.3. The first-order valence-corrected chi connectivity index (χ1v) is 9.79. The van der Waals surface area contributed by atoms with Gasteiger partial charge in [0.05, 0.1) is 0 Å². The molecule has 2 heterocycles. The third-order valence-corrected chi connectivity index (χ3v) is 6.62. The molecule has 120 valence electrons. The van der Waals surface area contributed by atoms with E-state index in [-0.39, 0.29) is 0 Å². The number of nitrogens with zero attached hydrogens (tertiary/aromatic N) is 2. The molecule has 2 aliphatic rings. The van der Waals surface area contributed by atoms with Crippen LogP contribution in [0.15, 0.2) is 56.7 Å². The van der Waals surface area contributed by atoms with Gasteiger partial charge in [0.1, 0.15) is 0 Å². The predicted molar refractivity (Wildman–Crippen MR) is 100 cm³/mol. The number of piperazine rings is 1. The minimum Gasteiger partial charge on any atom is -0.304 e. The monoisotopic (exact) mass is 388 g/mol. The van der Waals surface area contributed by atoms with E-state index in [1.165, 1.54) is 25.4 Å².